The number of aryl methyl sites for hydroxylation is 1. The van der Waals surface area contributed by atoms with E-state index in [1.807, 2.05) is 61.5 Å². The van der Waals surface area contributed by atoms with E-state index in [4.69, 9.17) is 0 Å². The van der Waals surface area contributed by atoms with E-state index in [0.717, 1.165) is 28.1 Å². The number of imide groups is 1. The first-order valence-corrected chi connectivity index (χ1v) is 11.6. The fourth-order valence-electron chi connectivity index (χ4n) is 5.68. The van der Waals surface area contributed by atoms with Gasteiger partial charge in [-0.2, -0.15) is 0 Å². The van der Waals surface area contributed by atoms with E-state index in [0.29, 0.717) is 25.3 Å². The second-order valence-corrected chi connectivity index (χ2v) is 10.6. The van der Waals surface area contributed by atoms with E-state index >= 15 is 0 Å². The predicted octanol–water partition coefficient (Wildman–Crippen LogP) is 4.67. The van der Waals surface area contributed by atoms with Crippen LogP contribution in [0.4, 0.5) is 10.5 Å². The van der Waals surface area contributed by atoms with Crippen molar-refractivity contribution < 1.29 is 14.4 Å². The van der Waals surface area contributed by atoms with Crippen molar-refractivity contribution in [2.45, 2.75) is 59.0 Å². The number of benzene rings is 2. The van der Waals surface area contributed by atoms with E-state index in [-0.39, 0.29) is 23.8 Å². The predicted molar refractivity (Wildman–Crippen MR) is 129 cm³/mol. The van der Waals surface area contributed by atoms with Gasteiger partial charge < -0.3 is 10.2 Å². The molecule has 1 saturated heterocycles. The summed E-state index contributed by atoms with van der Waals surface area (Å²) in [6, 6.07) is 16.9. The van der Waals surface area contributed by atoms with Crippen molar-refractivity contribution in [2.75, 3.05) is 11.4 Å². The third-order valence-electron chi connectivity index (χ3n) is 6.75. The standard InChI is InChI=1S/C27H33N3O3/c1-19-10-12-22(13-11-19)29(16-21-8-6-5-7-9-21)23(31)17-30-24(32)27(28-25(30)33)15-20(2)14-26(3,4)18-27/h5-13,20H,14-18H2,1-4H3,(H,28,33). The van der Waals surface area contributed by atoms with Gasteiger partial charge in [-0.05, 0) is 55.2 Å². The maximum absolute atomic E-state index is 13.5. The molecule has 0 radical (unpaired) electrons. The highest BCUT2D eigenvalue weighted by molar-refractivity contribution is 6.10. The number of anilines is 1. The zero-order valence-corrected chi connectivity index (χ0v) is 19.9. The van der Waals surface area contributed by atoms with E-state index in [1.54, 1.807) is 4.90 Å². The van der Waals surface area contributed by atoms with Crippen molar-refractivity contribution in [1.29, 1.82) is 0 Å². The van der Waals surface area contributed by atoms with Crippen LogP contribution in [0, 0.1) is 18.3 Å². The first-order chi connectivity index (χ1) is 15.6. The molecule has 2 aromatic carbocycles. The summed E-state index contributed by atoms with van der Waals surface area (Å²) in [5, 5.41) is 2.96. The topological polar surface area (TPSA) is 69.7 Å². The van der Waals surface area contributed by atoms with E-state index in [9.17, 15) is 14.4 Å². The number of carbonyl (C=O) groups is 3. The largest absolute Gasteiger partial charge is 0.325 e. The van der Waals surface area contributed by atoms with Crippen LogP contribution in [0.15, 0.2) is 54.6 Å². The number of hydrogen-bond acceptors (Lipinski definition) is 3. The molecule has 0 bridgehead atoms. The molecule has 6 heteroatoms. The van der Waals surface area contributed by atoms with Crippen LogP contribution in [-0.2, 0) is 16.1 Å². The van der Waals surface area contributed by atoms with E-state index in [1.165, 1.54) is 0 Å². The molecule has 2 atom stereocenters. The number of nitrogens with one attached hydrogen (secondary N) is 1. The van der Waals surface area contributed by atoms with Crippen molar-refractivity contribution >= 4 is 23.5 Å². The van der Waals surface area contributed by atoms with Gasteiger partial charge in [0.1, 0.15) is 12.1 Å². The van der Waals surface area contributed by atoms with Crippen molar-refractivity contribution in [2.24, 2.45) is 11.3 Å². The fraction of sp³-hybridized carbons (Fsp3) is 0.444. The van der Waals surface area contributed by atoms with Crippen molar-refractivity contribution in [3.63, 3.8) is 0 Å². The first-order valence-electron chi connectivity index (χ1n) is 11.6. The van der Waals surface area contributed by atoms with Crippen molar-refractivity contribution in [1.82, 2.24) is 10.2 Å². The number of nitrogens with zero attached hydrogens (tertiary/aromatic N) is 2. The molecule has 2 aromatic rings. The Morgan fingerprint density at radius 3 is 2.36 bits per heavy atom. The molecule has 2 unspecified atom stereocenters. The Morgan fingerprint density at radius 2 is 1.73 bits per heavy atom. The van der Waals surface area contributed by atoms with Gasteiger partial charge in [0.15, 0.2) is 0 Å². The van der Waals surface area contributed by atoms with Gasteiger partial charge in [-0.1, -0.05) is 68.8 Å². The minimum absolute atomic E-state index is 0.0537. The fourth-order valence-corrected chi connectivity index (χ4v) is 5.68. The molecule has 33 heavy (non-hydrogen) atoms. The zero-order chi connectivity index (χ0) is 23.8. The summed E-state index contributed by atoms with van der Waals surface area (Å²) in [4.78, 5) is 42.6. The molecular formula is C27H33N3O3. The minimum atomic E-state index is -0.910. The van der Waals surface area contributed by atoms with Gasteiger partial charge in [-0.25, -0.2) is 4.79 Å². The second kappa shape index (κ2) is 8.65. The molecule has 0 aromatic heterocycles. The maximum Gasteiger partial charge on any atom is 0.325 e. The highest BCUT2D eigenvalue weighted by Crippen LogP contribution is 2.46. The number of carbonyl (C=O) groups excluding carboxylic acids is 3. The Balaban J connectivity index is 1.58. The molecule has 4 rings (SSSR count). The SMILES string of the molecule is Cc1ccc(N(Cc2ccccc2)C(=O)CN2C(=O)NC3(CC(C)CC(C)(C)C3)C2=O)cc1. The summed E-state index contributed by atoms with van der Waals surface area (Å²) in [5.41, 5.74) is 1.84. The third kappa shape index (κ3) is 4.80. The average molecular weight is 448 g/mol. The number of amides is 4. The monoisotopic (exact) mass is 447 g/mol. The van der Waals surface area contributed by atoms with Gasteiger partial charge in [0.05, 0.1) is 6.54 Å². The molecule has 1 aliphatic heterocycles. The van der Waals surface area contributed by atoms with E-state index in [2.05, 4.69) is 26.1 Å². The lowest BCUT2D eigenvalue weighted by Gasteiger charge is -2.43. The highest BCUT2D eigenvalue weighted by atomic mass is 16.2. The molecule has 1 spiro atoms. The normalized spacial score (nSPS) is 24.1. The van der Waals surface area contributed by atoms with Crippen LogP contribution in [0.1, 0.15) is 51.2 Å². The average Bonchev–Trinajstić information content (AvgIpc) is 2.95. The number of rotatable bonds is 5. The van der Waals surface area contributed by atoms with Gasteiger partial charge in [0, 0.05) is 5.69 Å². The molecular weight excluding hydrogens is 414 g/mol. The summed E-state index contributed by atoms with van der Waals surface area (Å²) in [7, 11) is 0. The highest BCUT2D eigenvalue weighted by Gasteiger charge is 2.56. The summed E-state index contributed by atoms with van der Waals surface area (Å²) < 4.78 is 0. The van der Waals surface area contributed by atoms with Crippen LogP contribution >= 0.6 is 0 Å². The van der Waals surface area contributed by atoms with Crippen LogP contribution in [0.5, 0.6) is 0 Å². The van der Waals surface area contributed by atoms with Crippen LogP contribution in [-0.4, -0.2) is 34.8 Å². The number of urea groups is 1. The lowest BCUT2D eigenvalue weighted by molar-refractivity contribution is -0.137. The number of hydrogen-bond donors (Lipinski definition) is 1. The summed E-state index contributed by atoms with van der Waals surface area (Å²) in [6.07, 6.45) is 2.21. The first kappa shape index (κ1) is 23.0. The van der Waals surface area contributed by atoms with E-state index < -0.39 is 11.6 Å². The molecule has 1 heterocycles. The summed E-state index contributed by atoms with van der Waals surface area (Å²) in [6.45, 7) is 8.47. The molecule has 6 nitrogen and oxygen atoms in total. The minimum Gasteiger partial charge on any atom is -0.323 e. The Hall–Kier alpha value is -3.15. The Labute approximate surface area is 196 Å². The maximum atomic E-state index is 13.5. The van der Waals surface area contributed by atoms with Gasteiger partial charge in [-0.3, -0.25) is 14.5 Å². The molecule has 1 aliphatic carbocycles. The molecule has 4 amide bonds. The molecule has 1 saturated carbocycles. The van der Waals surface area contributed by atoms with Gasteiger partial charge in [0.2, 0.25) is 5.91 Å². The van der Waals surface area contributed by atoms with Gasteiger partial charge in [-0.15, -0.1) is 0 Å². The second-order valence-electron chi connectivity index (χ2n) is 10.6. The molecule has 174 valence electrons. The molecule has 2 aliphatic rings. The Kier molecular flexibility index (Phi) is 6.04. The zero-order valence-electron chi connectivity index (χ0n) is 19.9. The lowest BCUT2D eigenvalue weighted by atomic mass is 9.64. The quantitative estimate of drug-likeness (QED) is 0.678. The van der Waals surface area contributed by atoms with Crippen LogP contribution in [0.3, 0.4) is 0 Å². The smallest absolute Gasteiger partial charge is 0.323 e. The summed E-state index contributed by atoms with van der Waals surface area (Å²) >= 11 is 0. The van der Waals surface area contributed by atoms with Gasteiger partial charge in [0.25, 0.3) is 5.91 Å². The van der Waals surface area contributed by atoms with Crippen molar-refractivity contribution in [3.05, 3.63) is 65.7 Å². The molecule has 1 N–H and O–H groups in total. The lowest BCUT2D eigenvalue weighted by Crippen LogP contribution is -2.54. The Morgan fingerprint density at radius 1 is 1.06 bits per heavy atom. The van der Waals surface area contributed by atoms with Crippen molar-refractivity contribution in [3.8, 4) is 0 Å². The summed E-state index contributed by atoms with van der Waals surface area (Å²) in [5.74, 6) is -0.244. The van der Waals surface area contributed by atoms with Crippen LogP contribution in [0.25, 0.3) is 0 Å². The van der Waals surface area contributed by atoms with Crippen LogP contribution in [0.2, 0.25) is 0 Å². The third-order valence-corrected chi connectivity index (χ3v) is 6.75. The molecule has 2 fully saturated rings. The van der Waals surface area contributed by atoms with Gasteiger partial charge >= 0.3 is 6.03 Å². The Bertz CT molecular complexity index is 1050. The van der Waals surface area contributed by atoms with Crippen LogP contribution < -0.4 is 10.2 Å².